The normalized spacial score (nSPS) is 14.4. The van der Waals surface area contributed by atoms with E-state index in [2.05, 4.69) is 40.2 Å². The quantitative estimate of drug-likeness (QED) is 0.438. The Balaban J connectivity index is 1.65. The molecular formula is C29H33N5O2. The van der Waals surface area contributed by atoms with Crippen LogP contribution in [0.1, 0.15) is 37.2 Å². The third-order valence-corrected chi connectivity index (χ3v) is 6.31. The molecule has 2 N–H and O–H groups in total. The summed E-state index contributed by atoms with van der Waals surface area (Å²) in [5.41, 5.74) is 3.25. The van der Waals surface area contributed by atoms with Crippen LogP contribution in [0.4, 0.5) is 5.69 Å². The zero-order chi connectivity index (χ0) is 25.7. The van der Waals surface area contributed by atoms with Crippen molar-refractivity contribution < 1.29 is 9.53 Å². The molecule has 1 saturated heterocycles. The maximum Gasteiger partial charge on any atom is 0.270 e. The van der Waals surface area contributed by atoms with E-state index in [1.807, 2.05) is 56.3 Å². The Morgan fingerprint density at radius 2 is 1.97 bits per heavy atom. The lowest BCUT2D eigenvalue weighted by Crippen LogP contribution is -2.43. The molecule has 0 unspecified atom stereocenters. The zero-order valence-electron chi connectivity index (χ0n) is 21.2. The fourth-order valence-corrected chi connectivity index (χ4v) is 4.36. The van der Waals surface area contributed by atoms with E-state index >= 15 is 0 Å². The van der Waals surface area contributed by atoms with Crippen molar-refractivity contribution >= 4 is 22.4 Å². The number of nitriles is 1. The molecule has 7 heteroatoms. The number of nitrogens with one attached hydrogen (secondary N) is 2. The van der Waals surface area contributed by atoms with Crippen LogP contribution in [-0.4, -0.2) is 54.6 Å². The summed E-state index contributed by atoms with van der Waals surface area (Å²) >= 11 is 0. The highest BCUT2D eigenvalue weighted by Gasteiger charge is 2.20. The molecule has 1 aromatic heterocycles. The van der Waals surface area contributed by atoms with Crippen LogP contribution >= 0.6 is 0 Å². The van der Waals surface area contributed by atoms with Crippen LogP contribution in [0.3, 0.4) is 0 Å². The van der Waals surface area contributed by atoms with Gasteiger partial charge in [-0.05, 0) is 76.5 Å². The second kappa shape index (κ2) is 11.2. The Bertz CT molecular complexity index is 1300. The summed E-state index contributed by atoms with van der Waals surface area (Å²) in [6, 6.07) is 17.8. The lowest BCUT2D eigenvalue weighted by atomic mass is 10.0. The predicted molar refractivity (Wildman–Crippen MR) is 144 cm³/mol. The van der Waals surface area contributed by atoms with Gasteiger partial charge in [0.25, 0.3) is 5.91 Å². The van der Waals surface area contributed by atoms with E-state index in [4.69, 9.17) is 10.00 Å². The Hall–Kier alpha value is -3.89. The highest BCUT2D eigenvalue weighted by molar-refractivity contribution is 5.99. The van der Waals surface area contributed by atoms with Gasteiger partial charge >= 0.3 is 0 Å². The average molecular weight is 484 g/mol. The second-order valence-electron chi connectivity index (χ2n) is 9.57. The van der Waals surface area contributed by atoms with E-state index in [0.29, 0.717) is 23.6 Å². The Labute approximate surface area is 212 Å². The number of nitrogens with zero attached hydrogens (tertiary/aromatic N) is 3. The molecule has 36 heavy (non-hydrogen) atoms. The number of rotatable bonds is 8. The van der Waals surface area contributed by atoms with Crippen LogP contribution in [0.2, 0.25) is 0 Å². The summed E-state index contributed by atoms with van der Waals surface area (Å²) in [4.78, 5) is 19.9. The first-order chi connectivity index (χ1) is 17.3. The number of likely N-dealkylation sites (tertiary alicyclic amines) is 1. The van der Waals surface area contributed by atoms with E-state index in [9.17, 15) is 4.79 Å². The lowest BCUT2D eigenvalue weighted by Gasteiger charge is -2.29. The van der Waals surface area contributed by atoms with Crippen molar-refractivity contribution in [3.63, 3.8) is 0 Å². The van der Waals surface area contributed by atoms with Crippen molar-refractivity contribution in [1.82, 2.24) is 15.2 Å². The van der Waals surface area contributed by atoms with Crippen molar-refractivity contribution in [1.29, 1.82) is 5.26 Å². The number of hydrogen-bond donors (Lipinski definition) is 2. The lowest BCUT2D eigenvalue weighted by molar-refractivity contribution is 0.0912. The summed E-state index contributed by atoms with van der Waals surface area (Å²) in [7, 11) is 2.10. The number of ether oxygens (including phenoxy) is 1. The maximum absolute atomic E-state index is 12.9. The average Bonchev–Trinajstić information content (AvgIpc) is 2.88. The molecule has 0 radical (unpaired) electrons. The van der Waals surface area contributed by atoms with Gasteiger partial charge in [0.05, 0.1) is 23.6 Å². The molecule has 186 valence electrons. The highest BCUT2D eigenvalue weighted by atomic mass is 16.5. The topological polar surface area (TPSA) is 90.3 Å². The largest absolute Gasteiger partial charge is 0.489 e. The van der Waals surface area contributed by atoms with Crippen molar-refractivity contribution in [3.05, 3.63) is 66.4 Å². The standard InChI is InChI=1S/C29H33N5O2/c1-19(2)36-27-11-10-21-8-9-22(16-24(21)28(27)31-18-20(3)17-30)25-6-5-7-26(33-25)29(35)32-23-12-14-34(4)15-13-23/h5-11,16,19,23,31H,3,12-15,18H2,1-2,4H3,(H,32,35). The van der Waals surface area contributed by atoms with Crippen molar-refractivity contribution in [3.8, 4) is 23.1 Å². The third-order valence-electron chi connectivity index (χ3n) is 6.31. The van der Waals surface area contributed by atoms with Crippen molar-refractivity contribution in [2.24, 2.45) is 0 Å². The molecule has 4 rings (SSSR count). The highest BCUT2D eigenvalue weighted by Crippen LogP contribution is 2.36. The molecule has 2 aromatic carbocycles. The molecule has 1 aliphatic rings. The van der Waals surface area contributed by atoms with E-state index in [-0.39, 0.29) is 18.1 Å². The van der Waals surface area contributed by atoms with Crippen LogP contribution in [0.5, 0.6) is 5.75 Å². The number of carbonyl (C=O) groups excluding carboxylic acids is 1. The van der Waals surface area contributed by atoms with Crippen LogP contribution in [0.15, 0.2) is 60.7 Å². The molecule has 0 spiro atoms. The second-order valence-corrected chi connectivity index (χ2v) is 9.57. The first-order valence-corrected chi connectivity index (χ1v) is 12.4. The Kier molecular flexibility index (Phi) is 7.87. The molecule has 1 aliphatic heterocycles. The number of pyridine rings is 1. The molecule has 0 bridgehead atoms. The maximum atomic E-state index is 12.9. The minimum Gasteiger partial charge on any atom is -0.489 e. The minimum atomic E-state index is -0.141. The number of anilines is 1. The van der Waals surface area contributed by atoms with Crippen LogP contribution in [-0.2, 0) is 0 Å². The summed E-state index contributed by atoms with van der Waals surface area (Å²) in [6.45, 7) is 10.0. The van der Waals surface area contributed by atoms with Crippen LogP contribution < -0.4 is 15.4 Å². The van der Waals surface area contributed by atoms with E-state index in [1.54, 1.807) is 6.07 Å². The SMILES string of the molecule is C=C(C#N)CNc1c(OC(C)C)ccc2ccc(-c3cccc(C(=O)NC4CCN(C)CC4)n3)cc12. The summed E-state index contributed by atoms with van der Waals surface area (Å²) in [6.07, 6.45) is 1.88. The number of carbonyl (C=O) groups is 1. The van der Waals surface area contributed by atoms with Crippen LogP contribution in [0.25, 0.3) is 22.0 Å². The predicted octanol–water partition coefficient (Wildman–Crippen LogP) is 5.00. The molecule has 1 fully saturated rings. The van der Waals surface area contributed by atoms with Gasteiger partial charge in [0.1, 0.15) is 11.4 Å². The van der Waals surface area contributed by atoms with E-state index in [1.165, 1.54) is 0 Å². The Morgan fingerprint density at radius 3 is 2.69 bits per heavy atom. The van der Waals surface area contributed by atoms with Gasteiger partial charge < -0.3 is 20.3 Å². The van der Waals surface area contributed by atoms with Gasteiger partial charge in [0, 0.05) is 29.1 Å². The van der Waals surface area contributed by atoms with E-state index < -0.39 is 0 Å². The minimum absolute atomic E-state index is 0.00762. The van der Waals surface area contributed by atoms with Crippen LogP contribution in [0, 0.1) is 11.3 Å². The number of piperidine rings is 1. The zero-order valence-corrected chi connectivity index (χ0v) is 21.2. The number of fused-ring (bicyclic) bond motifs is 1. The van der Waals surface area contributed by atoms with Gasteiger partial charge in [-0.2, -0.15) is 5.26 Å². The van der Waals surface area contributed by atoms with Gasteiger partial charge in [-0.25, -0.2) is 4.98 Å². The van der Waals surface area contributed by atoms with Crippen molar-refractivity contribution in [2.75, 3.05) is 32.0 Å². The molecule has 0 saturated carbocycles. The smallest absolute Gasteiger partial charge is 0.270 e. The van der Waals surface area contributed by atoms with Crippen molar-refractivity contribution in [2.45, 2.75) is 38.8 Å². The Morgan fingerprint density at radius 1 is 1.22 bits per heavy atom. The summed E-state index contributed by atoms with van der Waals surface area (Å²) < 4.78 is 6.05. The van der Waals surface area contributed by atoms with Gasteiger partial charge in [0.15, 0.2) is 0 Å². The van der Waals surface area contributed by atoms with Gasteiger partial charge in [-0.15, -0.1) is 0 Å². The number of aromatic nitrogens is 1. The molecule has 0 aliphatic carbocycles. The molecule has 7 nitrogen and oxygen atoms in total. The molecular weight excluding hydrogens is 450 g/mol. The molecule has 1 amide bonds. The van der Waals surface area contributed by atoms with Gasteiger partial charge in [-0.1, -0.05) is 30.8 Å². The number of benzene rings is 2. The summed E-state index contributed by atoms with van der Waals surface area (Å²) in [5.74, 6) is 0.566. The summed E-state index contributed by atoms with van der Waals surface area (Å²) in [5, 5.41) is 17.6. The fourth-order valence-electron chi connectivity index (χ4n) is 4.36. The molecule has 3 aromatic rings. The van der Waals surface area contributed by atoms with E-state index in [0.717, 1.165) is 53.6 Å². The first-order valence-electron chi connectivity index (χ1n) is 12.4. The number of amides is 1. The van der Waals surface area contributed by atoms with Gasteiger partial charge in [-0.3, -0.25) is 4.79 Å². The molecule has 0 atom stereocenters. The fraction of sp³-hybridized carbons (Fsp3) is 0.345. The monoisotopic (exact) mass is 483 g/mol. The number of hydrogen-bond acceptors (Lipinski definition) is 6. The molecule has 2 heterocycles. The first kappa shape index (κ1) is 25.2. The third kappa shape index (κ3) is 6.02. The van der Waals surface area contributed by atoms with Gasteiger partial charge in [0.2, 0.25) is 0 Å².